The van der Waals surface area contributed by atoms with Gasteiger partial charge < -0.3 is 9.64 Å². The van der Waals surface area contributed by atoms with Gasteiger partial charge in [0.1, 0.15) is 12.4 Å². The summed E-state index contributed by atoms with van der Waals surface area (Å²) in [6.07, 6.45) is 2.61. The number of hydrogen-bond donors (Lipinski definition) is 0. The van der Waals surface area contributed by atoms with E-state index in [0.717, 1.165) is 5.75 Å². The average molecular weight is 380 g/mol. The lowest BCUT2D eigenvalue weighted by molar-refractivity contribution is 0.306. The molecule has 0 aromatic heterocycles. The van der Waals surface area contributed by atoms with Gasteiger partial charge in [-0.05, 0) is 70.6 Å². The van der Waals surface area contributed by atoms with Gasteiger partial charge in [0.15, 0.2) is 0 Å². The zero-order valence-electron chi connectivity index (χ0n) is 16.6. The molecular formula is C27H25NO. The first-order valence-electron chi connectivity index (χ1n) is 10.4. The quantitative estimate of drug-likeness (QED) is 0.383. The van der Waals surface area contributed by atoms with Crippen LogP contribution in [-0.2, 0) is 6.61 Å². The minimum absolute atomic E-state index is 0.585. The number of fused-ring (bicyclic) bond motifs is 1. The van der Waals surface area contributed by atoms with Crippen LogP contribution in [0.25, 0.3) is 21.9 Å². The predicted octanol–water partition coefficient (Wildman–Crippen LogP) is 6.69. The van der Waals surface area contributed by atoms with Gasteiger partial charge in [0, 0.05) is 18.8 Å². The van der Waals surface area contributed by atoms with Crippen LogP contribution in [0.4, 0.5) is 5.69 Å². The summed E-state index contributed by atoms with van der Waals surface area (Å²) in [5, 5.41) is 2.58. The van der Waals surface area contributed by atoms with Gasteiger partial charge in [0.05, 0.1) is 0 Å². The van der Waals surface area contributed by atoms with Crippen LogP contribution in [0.2, 0.25) is 0 Å². The SMILES string of the molecule is c1ccc(COc2cccc(-c3ccc4cc(N5CCCC5)ccc4c3)c2)cc1. The molecule has 0 bridgehead atoms. The van der Waals surface area contributed by atoms with Crippen LogP contribution in [-0.4, -0.2) is 13.1 Å². The second kappa shape index (κ2) is 8.00. The minimum atomic E-state index is 0.585. The van der Waals surface area contributed by atoms with Crippen molar-refractivity contribution >= 4 is 16.5 Å². The molecule has 0 N–H and O–H groups in total. The van der Waals surface area contributed by atoms with Gasteiger partial charge in [-0.25, -0.2) is 0 Å². The maximum absolute atomic E-state index is 6.01. The van der Waals surface area contributed by atoms with E-state index in [1.165, 1.54) is 59.1 Å². The van der Waals surface area contributed by atoms with Crippen LogP contribution in [0.5, 0.6) is 5.75 Å². The first kappa shape index (κ1) is 17.8. The Morgan fingerprint density at radius 3 is 2.28 bits per heavy atom. The molecule has 0 radical (unpaired) electrons. The number of hydrogen-bond acceptors (Lipinski definition) is 2. The van der Waals surface area contributed by atoms with Gasteiger partial charge in [-0.2, -0.15) is 0 Å². The molecule has 0 saturated carbocycles. The molecule has 0 spiro atoms. The van der Waals surface area contributed by atoms with Crippen molar-refractivity contribution in [2.45, 2.75) is 19.4 Å². The van der Waals surface area contributed by atoms with Crippen molar-refractivity contribution in [2.24, 2.45) is 0 Å². The van der Waals surface area contributed by atoms with E-state index >= 15 is 0 Å². The third-order valence-corrected chi connectivity index (χ3v) is 5.71. The molecule has 0 unspecified atom stereocenters. The first-order chi connectivity index (χ1) is 14.3. The smallest absolute Gasteiger partial charge is 0.120 e. The lowest BCUT2D eigenvalue weighted by atomic mass is 10.0. The first-order valence-corrected chi connectivity index (χ1v) is 10.4. The molecule has 4 aromatic rings. The lowest BCUT2D eigenvalue weighted by Gasteiger charge is -2.18. The molecule has 4 aromatic carbocycles. The monoisotopic (exact) mass is 379 g/mol. The van der Waals surface area contributed by atoms with E-state index in [1.807, 2.05) is 24.3 Å². The zero-order chi connectivity index (χ0) is 19.5. The third-order valence-electron chi connectivity index (χ3n) is 5.71. The summed E-state index contributed by atoms with van der Waals surface area (Å²) in [6, 6.07) is 32.2. The van der Waals surface area contributed by atoms with Crippen molar-refractivity contribution < 1.29 is 4.74 Å². The molecular weight excluding hydrogens is 354 g/mol. The summed E-state index contributed by atoms with van der Waals surface area (Å²) in [6.45, 7) is 2.94. The fraction of sp³-hybridized carbons (Fsp3) is 0.185. The van der Waals surface area contributed by atoms with E-state index in [4.69, 9.17) is 4.74 Å². The Morgan fingerprint density at radius 2 is 1.41 bits per heavy atom. The summed E-state index contributed by atoms with van der Waals surface area (Å²) in [4.78, 5) is 2.49. The Labute approximate surface area is 172 Å². The fourth-order valence-corrected chi connectivity index (χ4v) is 4.09. The van der Waals surface area contributed by atoms with Gasteiger partial charge in [-0.1, -0.05) is 60.7 Å². The van der Waals surface area contributed by atoms with Gasteiger partial charge in [0.25, 0.3) is 0 Å². The van der Waals surface area contributed by atoms with E-state index in [2.05, 4.69) is 71.6 Å². The highest BCUT2D eigenvalue weighted by atomic mass is 16.5. The largest absolute Gasteiger partial charge is 0.489 e. The van der Waals surface area contributed by atoms with E-state index in [9.17, 15) is 0 Å². The average Bonchev–Trinajstić information content (AvgIpc) is 3.33. The second-order valence-corrected chi connectivity index (χ2v) is 7.74. The highest BCUT2D eigenvalue weighted by molar-refractivity contribution is 5.90. The van der Waals surface area contributed by atoms with E-state index in [0.29, 0.717) is 6.61 Å². The van der Waals surface area contributed by atoms with E-state index < -0.39 is 0 Å². The Kier molecular flexibility index (Phi) is 4.92. The molecule has 1 heterocycles. The van der Waals surface area contributed by atoms with Crippen LogP contribution < -0.4 is 9.64 Å². The third kappa shape index (κ3) is 3.97. The Morgan fingerprint density at radius 1 is 0.655 bits per heavy atom. The molecule has 2 nitrogen and oxygen atoms in total. The molecule has 1 aliphatic heterocycles. The van der Waals surface area contributed by atoms with Crippen LogP contribution in [0.15, 0.2) is 91.0 Å². The molecule has 1 saturated heterocycles. The molecule has 0 atom stereocenters. The number of nitrogens with zero attached hydrogens (tertiary/aromatic N) is 1. The molecule has 29 heavy (non-hydrogen) atoms. The highest BCUT2D eigenvalue weighted by Gasteiger charge is 2.12. The van der Waals surface area contributed by atoms with Crippen molar-refractivity contribution in [1.82, 2.24) is 0 Å². The maximum Gasteiger partial charge on any atom is 0.120 e. The lowest BCUT2D eigenvalue weighted by Crippen LogP contribution is -2.17. The van der Waals surface area contributed by atoms with Crippen LogP contribution in [0.3, 0.4) is 0 Å². The number of rotatable bonds is 5. The van der Waals surface area contributed by atoms with Crippen molar-refractivity contribution in [2.75, 3.05) is 18.0 Å². The van der Waals surface area contributed by atoms with Gasteiger partial charge in [0.2, 0.25) is 0 Å². The van der Waals surface area contributed by atoms with Crippen LogP contribution in [0.1, 0.15) is 18.4 Å². The van der Waals surface area contributed by atoms with Crippen LogP contribution in [0, 0.1) is 0 Å². The van der Waals surface area contributed by atoms with Crippen molar-refractivity contribution in [1.29, 1.82) is 0 Å². The minimum Gasteiger partial charge on any atom is -0.489 e. The Bertz CT molecular complexity index is 1110. The summed E-state index contributed by atoms with van der Waals surface area (Å²) in [5.74, 6) is 0.899. The number of ether oxygens (including phenoxy) is 1. The van der Waals surface area contributed by atoms with Gasteiger partial charge >= 0.3 is 0 Å². The van der Waals surface area contributed by atoms with Crippen molar-refractivity contribution in [3.05, 3.63) is 96.6 Å². The topological polar surface area (TPSA) is 12.5 Å². The maximum atomic E-state index is 6.01. The predicted molar refractivity (Wildman–Crippen MR) is 122 cm³/mol. The number of benzene rings is 4. The van der Waals surface area contributed by atoms with Crippen molar-refractivity contribution in [3.63, 3.8) is 0 Å². The molecule has 144 valence electrons. The van der Waals surface area contributed by atoms with E-state index in [-0.39, 0.29) is 0 Å². The van der Waals surface area contributed by atoms with E-state index in [1.54, 1.807) is 0 Å². The molecule has 5 rings (SSSR count). The fourth-order valence-electron chi connectivity index (χ4n) is 4.09. The van der Waals surface area contributed by atoms with Crippen LogP contribution >= 0.6 is 0 Å². The molecule has 1 aliphatic rings. The van der Waals surface area contributed by atoms with Gasteiger partial charge in [-0.15, -0.1) is 0 Å². The Hall–Kier alpha value is -3.26. The normalized spacial score (nSPS) is 13.7. The molecule has 2 heteroatoms. The summed E-state index contributed by atoms with van der Waals surface area (Å²) in [7, 11) is 0. The molecule has 0 amide bonds. The zero-order valence-corrected chi connectivity index (χ0v) is 16.6. The number of anilines is 1. The second-order valence-electron chi connectivity index (χ2n) is 7.74. The highest BCUT2D eigenvalue weighted by Crippen LogP contribution is 2.30. The standard InChI is InChI=1S/C27H25NO/c1-2-7-21(8-3-1)20-29-27-10-6-9-22(19-27)23-11-12-25-18-26(14-13-24(25)17-23)28-15-4-5-16-28/h1-3,6-14,17-19H,4-5,15-16,20H2. The van der Waals surface area contributed by atoms with Gasteiger partial charge in [-0.3, -0.25) is 0 Å². The molecule has 1 fully saturated rings. The molecule has 0 aliphatic carbocycles. The summed E-state index contributed by atoms with van der Waals surface area (Å²) < 4.78 is 6.01. The Balaban J connectivity index is 1.37. The summed E-state index contributed by atoms with van der Waals surface area (Å²) in [5.41, 5.74) is 4.93. The summed E-state index contributed by atoms with van der Waals surface area (Å²) >= 11 is 0. The van der Waals surface area contributed by atoms with Crippen molar-refractivity contribution in [3.8, 4) is 16.9 Å².